The van der Waals surface area contributed by atoms with Crippen molar-refractivity contribution in [2.45, 2.75) is 32.2 Å². The van der Waals surface area contributed by atoms with Crippen molar-refractivity contribution < 1.29 is 24.5 Å². The molecule has 110 valence electrons. The molecule has 20 heavy (non-hydrogen) atoms. The molecule has 0 heterocycles. The third-order valence-corrected chi connectivity index (χ3v) is 2.86. The number of amides is 1. The second kappa shape index (κ2) is 6.27. The predicted octanol–water partition coefficient (Wildman–Crippen LogP) is 1.77. The maximum absolute atomic E-state index is 12.0. The van der Waals surface area contributed by atoms with E-state index in [9.17, 15) is 14.7 Å². The Morgan fingerprint density at radius 1 is 1.35 bits per heavy atom. The summed E-state index contributed by atoms with van der Waals surface area (Å²) in [6.45, 7) is 3.49. The number of ether oxygens (including phenoxy) is 1. The Morgan fingerprint density at radius 3 is 2.50 bits per heavy atom. The molecule has 3 N–H and O–H groups in total. The van der Waals surface area contributed by atoms with Crippen LogP contribution in [-0.4, -0.2) is 34.7 Å². The molecule has 0 saturated heterocycles. The van der Waals surface area contributed by atoms with E-state index < -0.39 is 11.5 Å². The van der Waals surface area contributed by atoms with Crippen LogP contribution in [0.15, 0.2) is 18.2 Å². The van der Waals surface area contributed by atoms with Gasteiger partial charge in [-0.25, -0.2) is 0 Å². The molecule has 0 aliphatic carbocycles. The number of hydrogen-bond acceptors (Lipinski definition) is 4. The van der Waals surface area contributed by atoms with Gasteiger partial charge in [0, 0.05) is 17.5 Å². The van der Waals surface area contributed by atoms with Crippen LogP contribution >= 0.6 is 0 Å². The largest absolute Gasteiger partial charge is 0.504 e. The number of aromatic hydroxyl groups is 1. The number of phenolic OH excluding ortho intramolecular Hbond substituents is 1. The zero-order chi connectivity index (χ0) is 15.3. The molecule has 0 radical (unpaired) electrons. The van der Waals surface area contributed by atoms with E-state index in [1.807, 2.05) is 0 Å². The second-order valence-electron chi connectivity index (χ2n) is 5.12. The number of benzene rings is 1. The lowest BCUT2D eigenvalue weighted by atomic mass is 9.97. The summed E-state index contributed by atoms with van der Waals surface area (Å²) >= 11 is 0. The van der Waals surface area contributed by atoms with Crippen LogP contribution in [0.1, 0.15) is 37.0 Å². The van der Waals surface area contributed by atoms with Crippen molar-refractivity contribution in [1.29, 1.82) is 0 Å². The molecule has 6 heteroatoms. The molecular weight excluding hydrogens is 262 g/mol. The fourth-order valence-electron chi connectivity index (χ4n) is 1.69. The van der Waals surface area contributed by atoms with Crippen molar-refractivity contribution in [3.05, 3.63) is 23.8 Å². The van der Waals surface area contributed by atoms with Crippen molar-refractivity contribution in [1.82, 2.24) is 5.32 Å². The van der Waals surface area contributed by atoms with Crippen LogP contribution in [0, 0.1) is 0 Å². The highest BCUT2D eigenvalue weighted by atomic mass is 16.5. The number of aliphatic carboxylic acids is 1. The second-order valence-corrected chi connectivity index (χ2v) is 5.12. The van der Waals surface area contributed by atoms with E-state index >= 15 is 0 Å². The molecule has 0 aliphatic rings. The van der Waals surface area contributed by atoms with E-state index in [2.05, 4.69) is 5.32 Å². The minimum atomic E-state index is -0.908. The summed E-state index contributed by atoms with van der Waals surface area (Å²) in [6.07, 6.45) is 0.289. The highest BCUT2D eigenvalue weighted by Gasteiger charge is 2.22. The lowest BCUT2D eigenvalue weighted by Gasteiger charge is -2.25. The third-order valence-electron chi connectivity index (χ3n) is 2.86. The topological polar surface area (TPSA) is 95.9 Å². The molecule has 1 aromatic rings. The van der Waals surface area contributed by atoms with E-state index in [0.717, 1.165) is 0 Å². The van der Waals surface area contributed by atoms with Gasteiger partial charge in [-0.05, 0) is 38.5 Å². The molecule has 0 atom stereocenters. The van der Waals surface area contributed by atoms with E-state index in [0.29, 0.717) is 6.42 Å². The number of carboxylic acid groups (broad SMARTS) is 1. The molecule has 6 nitrogen and oxygen atoms in total. The number of carbonyl (C=O) groups excluding carboxylic acids is 1. The lowest BCUT2D eigenvalue weighted by molar-refractivity contribution is -0.137. The number of carbonyl (C=O) groups is 2. The number of carboxylic acids is 1. The van der Waals surface area contributed by atoms with Crippen LogP contribution in [-0.2, 0) is 4.79 Å². The average molecular weight is 281 g/mol. The van der Waals surface area contributed by atoms with Crippen molar-refractivity contribution in [3.8, 4) is 11.5 Å². The summed E-state index contributed by atoms with van der Waals surface area (Å²) in [6, 6.07) is 4.33. The first-order chi connectivity index (χ1) is 9.25. The monoisotopic (exact) mass is 281 g/mol. The van der Waals surface area contributed by atoms with Crippen molar-refractivity contribution in [2.75, 3.05) is 7.11 Å². The smallest absolute Gasteiger partial charge is 0.303 e. The van der Waals surface area contributed by atoms with E-state index in [4.69, 9.17) is 9.84 Å². The zero-order valence-corrected chi connectivity index (χ0v) is 11.8. The summed E-state index contributed by atoms with van der Waals surface area (Å²) in [5, 5.41) is 21.0. The highest BCUT2D eigenvalue weighted by Crippen LogP contribution is 2.26. The van der Waals surface area contributed by atoms with Gasteiger partial charge in [-0.3, -0.25) is 9.59 Å². The average Bonchev–Trinajstić information content (AvgIpc) is 2.36. The fraction of sp³-hybridized carbons (Fsp3) is 0.429. The molecule has 0 aliphatic heterocycles. The Hall–Kier alpha value is -2.24. The minimum Gasteiger partial charge on any atom is -0.504 e. The molecule has 1 aromatic carbocycles. The molecule has 0 unspecified atom stereocenters. The van der Waals surface area contributed by atoms with Crippen molar-refractivity contribution in [3.63, 3.8) is 0 Å². The van der Waals surface area contributed by atoms with Gasteiger partial charge in [-0.1, -0.05) is 0 Å². The molecule has 0 spiro atoms. The summed E-state index contributed by atoms with van der Waals surface area (Å²) in [7, 11) is 1.42. The maximum atomic E-state index is 12.0. The molecule has 0 fully saturated rings. The molecule has 0 bridgehead atoms. The van der Waals surface area contributed by atoms with Crippen LogP contribution in [0.4, 0.5) is 0 Å². The molecule has 0 saturated carbocycles. The fourth-order valence-corrected chi connectivity index (χ4v) is 1.69. The van der Waals surface area contributed by atoms with Crippen molar-refractivity contribution >= 4 is 11.9 Å². The predicted molar refractivity (Wildman–Crippen MR) is 73.1 cm³/mol. The van der Waals surface area contributed by atoms with Gasteiger partial charge in [-0.15, -0.1) is 0 Å². The van der Waals surface area contributed by atoms with E-state index in [1.165, 1.54) is 25.3 Å². The lowest BCUT2D eigenvalue weighted by Crippen LogP contribution is -2.43. The molecule has 0 aromatic heterocycles. The standard InChI is InChI=1S/C14H19NO5/c1-14(2,7-6-12(17)18)15-13(19)9-4-5-11(20-3)10(16)8-9/h4-5,8,16H,6-7H2,1-3H3,(H,15,19)(H,17,18). The summed E-state index contributed by atoms with van der Waals surface area (Å²) < 4.78 is 4.90. The number of rotatable bonds is 6. The van der Waals surface area contributed by atoms with Crippen LogP contribution in [0.3, 0.4) is 0 Å². The molecule has 1 amide bonds. The first kappa shape index (κ1) is 15.8. The Bertz CT molecular complexity index is 510. The van der Waals surface area contributed by atoms with Gasteiger partial charge in [0.15, 0.2) is 11.5 Å². The highest BCUT2D eigenvalue weighted by molar-refractivity contribution is 5.95. The van der Waals surface area contributed by atoms with Gasteiger partial charge < -0.3 is 20.3 Å². The minimum absolute atomic E-state index is 0.0266. The maximum Gasteiger partial charge on any atom is 0.303 e. The molecular formula is C14H19NO5. The van der Waals surface area contributed by atoms with Gasteiger partial charge in [0.05, 0.1) is 7.11 Å². The SMILES string of the molecule is COc1ccc(C(=O)NC(C)(C)CCC(=O)O)cc1O. The zero-order valence-electron chi connectivity index (χ0n) is 11.8. The van der Waals surface area contributed by atoms with Crippen LogP contribution < -0.4 is 10.1 Å². The van der Waals surface area contributed by atoms with Crippen molar-refractivity contribution in [2.24, 2.45) is 0 Å². The summed E-state index contributed by atoms with van der Waals surface area (Å²) in [4.78, 5) is 22.6. The molecule has 1 rings (SSSR count). The van der Waals surface area contributed by atoms with E-state index in [-0.39, 0.29) is 29.4 Å². The normalized spacial score (nSPS) is 10.9. The first-order valence-corrected chi connectivity index (χ1v) is 6.16. The summed E-state index contributed by atoms with van der Waals surface area (Å²) in [5.41, 5.74) is -0.364. The first-order valence-electron chi connectivity index (χ1n) is 6.16. The van der Waals surface area contributed by atoms with Gasteiger partial charge in [0.1, 0.15) is 0 Å². The van der Waals surface area contributed by atoms with E-state index in [1.54, 1.807) is 13.8 Å². The van der Waals surface area contributed by atoms with Gasteiger partial charge >= 0.3 is 5.97 Å². The summed E-state index contributed by atoms with van der Waals surface area (Å²) in [5.74, 6) is -1.12. The van der Waals surface area contributed by atoms with Gasteiger partial charge in [0.25, 0.3) is 5.91 Å². The quantitative estimate of drug-likeness (QED) is 0.738. The van der Waals surface area contributed by atoms with Crippen LogP contribution in [0.5, 0.6) is 11.5 Å². The third kappa shape index (κ3) is 4.46. The number of hydrogen-bond donors (Lipinski definition) is 3. The Kier molecular flexibility index (Phi) is 4.96. The Balaban J connectivity index is 2.75. The van der Waals surface area contributed by atoms with Gasteiger partial charge in [0.2, 0.25) is 0 Å². The number of methoxy groups -OCH3 is 1. The Labute approximate surface area is 117 Å². The Morgan fingerprint density at radius 2 is 2.00 bits per heavy atom. The van der Waals surface area contributed by atoms with Crippen LogP contribution in [0.25, 0.3) is 0 Å². The number of phenols is 1. The van der Waals surface area contributed by atoms with Crippen LogP contribution in [0.2, 0.25) is 0 Å². The van der Waals surface area contributed by atoms with Gasteiger partial charge in [-0.2, -0.15) is 0 Å². The number of nitrogens with one attached hydrogen (secondary N) is 1.